The van der Waals surface area contributed by atoms with Gasteiger partial charge in [0.05, 0.1) is 10.0 Å². The Kier molecular flexibility index (Phi) is 7.02. The van der Waals surface area contributed by atoms with Crippen LogP contribution in [-0.2, 0) is 4.79 Å². The highest BCUT2D eigenvalue weighted by Crippen LogP contribution is 2.47. The number of rotatable bonds is 3. The Morgan fingerprint density at radius 1 is 0.971 bits per heavy atom. The fourth-order valence-electron chi connectivity index (χ4n) is 3.81. The molecule has 2 heterocycles. The molecule has 1 aromatic heterocycles. The van der Waals surface area contributed by atoms with Crippen LogP contribution in [0.4, 0.5) is 5.69 Å². The fraction of sp³-hybridized carbons (Fsp3) is 0.370. The normalized spacial score (nSPS) is 16.5. The smallest absolute Gasteiger partial charge is 0.186 e. The van der Waals surface area contributed by atoms with E-state index < -0.39 is 0 Å². The van der Waals surface area contributed by atoms with E-state index in [1.807, 2.05) is 59.1 Å². The SMILES string of the molecule is CC(C)(C)C1=CC(=C(N=Nc2cccc(Cl)c2Cl)c2scc3c2OCCO3)C=C(C(C)(C)C)C1=O. The van der Waals surface area contributed by atoms with Gasteiger partial charge in [0.2, 0.25) is 0 Å². The molecule has 2 aliphatic rings. The van der Waals surface area contributed by atoms with Crippen molar-refractivity contribution >= 4 is 51.7 Å². The molecule has 0 unspecified atom stereocenters. The van der Waals surface area contributed by atoms with Gasteiger partial charge in [-0.2, -0.15) is 0 Å². The number of halogens is 2. The number of fused-ring (bicyclic) bond motifs is 1. The second-order valence-corrected chi connectivity index (χ2v) is 12.1. The zero-order valence-corrected chi connectivity index (χ0v) is 23.0. The second-order valence-electron chi connectivity index (χ2n) is 10.5. The zero-order valence-electron chi connectivity index (χ0n) is 20.7. The van der Waals surface area contributed by atoms with Crippen molar-refractivity contribution in [3.63, 3.8) is 0 Å². The van der Waals surface area contributed by atoms with Crippen LogP contribution in [0.25, 0.3) is 5.70 Å². The minimum Gasteiger partial charge on any atom is -0.485 e. The van der Waals surface area contributed by atoms with Crippen molar-refractivity contribution in [3.05, 3.63) is 67.4 Å². The predicted octanol–water partition coefficient (Wildman–Crippen LogP) is 8.85. The monoisotopic (exact) mass is 530 g/mol. The first-order valence-electron chi connectivity index (χ1n) is 11.3. The highest BCUT2D eigenvalue weighted by Gasteiger charge is 2.35. The van der Waals surface area contributed by atoms with Crippen LogP contribution in [0, 0.1) is 10.8 Å². The largest absolute Gasteiger partial charge is 0.485 e. The van der Waals surface area contributed by atoms with Crippen LogP contribution in [-0.4, -0.2) is 19.0 Å². The Morgan fingerprint density at radius 2 is 1.60 bits per heavy atom. The molecular weight excluding hydrogens is 503 g/mol. The molecule has 1 aromatic carbocycles. The number of azo groups is 1. The third-order valence-electron chi connectivity index (χ3n) is 5.68. The van der Waals surface area contributed by atoms with Crippen molar-refractivity contribution in [2.24, 2.45) is 21.1 Å². The summed E-state index contributed by atoms with van der Waals surface area (Å²) in [5, 5.41) is 11.8. The van der Waals surface area contributed by atoms with E-state index in [4.69, 9.17) is 32.7 Å². The van der Waals surface area contributed by atoms with Gasteiger partial charge in [0, 0.05) is 22.1 Å². The van der Waals surface area contributed by atoms with E-state index in [1.165, 1.54) is 11.3 Å². The van der Waals surface area contributed by atoms with Crippen LogP contribution in [0.15, 0.2) is 62.7 Å². The van der Waals surface area contributed by atoms with Crippen molar-refractivity contribution in [3.8, 4) is 11.5 Å². The summed E-state index contributed by atoms with van der Waals surface area (Å²) >= 11 is 14.0. The van der Waals surface area contributed by atoms with Crippen molar-refractivity contribution in [2.75, 3.05) is 13.2 Å². The maximum absolute atomic E-state index is 13.5. The third-order valence-corrected chi connectivity index (χ3v) is 7.44. The first kappa shape index (κ1) is 25.7. The van der Waals surface area contributed by atoms with Gasteiger partial charge in [-0.15, -0.1) is 21.6 Å². The molecule has 0 atom stereocenters. The van der Waals surface area contributed by atoms with Gasteiger partial charge < -0.3 is 9.47 Å². The number of carbonyl (C=O) groups is 1. The molecule has 0 spiro atoms. The highest BCUT2D eigenvalue weighted by molar-refractivity contribution is 7.11. The number of carbonyl (C=O) groups excluding carboxylic acids is 1. The minimum atomic E-state index is -0.361. The van der Waals surface area contributed by atoms with Crippen LogP contribution < -0.4 is 9.47 Å². The van der Waals surface area contributed by atoms with Gasteiger partial charge in [-0.25, -0.2) is 0 Å². The van der Waals surface area contributed by atoms with Gasteiger partial charge in [-0.05, 0) is 35.1 Å². The first-order chi connectivity index (χ1) is 16.4. The van der Waals surface area contributed by atoms with Gasteiger partial charge in [-0.1, -0.05) is 70.8 Å². The number of allylic oxidation sites excluding steroid dienone is 5. The van der Waals surface area contributed by atoms with Gasteiger partial charge >= 0.3 is 0 Å². The number of hydrogen-bond acceptors (Lipinski definition) is 6. The standard InChI is InChI=1S/C27H28Cl2N2O3S/c1-26(2,3)16-12-15(13-17(23(16)32)27(4,5)6)22(25-24-20(14-35-25)33-10-11-34-24)31-30-19-9-7-8-18(28)21(19)29/h7-9,12-14H,10-11H2,1-6H3. The van der Waals surface area contributed by atoms with Gasteiger partial charge in [0.25, 0.3) is 0 Å². The molecule has 0 N–H and O–H groups in total. The molecule has 0 fully saturated rings. The molecule has 4 rings (SSSR count). The Balaban J connectivity index is 1.99. The van der Waals surface area contributed by atoms with Crippen LogP contribution in [0.5, 0.6) is 11.5 Å². The predicted molar refractivity (Wildman–Crippen MR) is 143 cm³/mol. The summed E-state index contributed by atoms with van der Waals surface area (Å²) < 4.78 is 11.7. The van der Waals surface area contributed by atoms with Crippen LogP contribution >= 0.6 is 34.5 Å². The van der Waals surface area contributed by atoms with Gasteiger partial charge in [0.1, 0.15) is 29.5 Å². The van der Waals surface area contributed by atoms with Crippen molar-refractivity contribution in [1.82, 2.24) is 0 Å². The first-order valence-corrected chi connectivity index (χ1v) is 13.0. The lowest BCUT2D eigenvalue weighted by atomic mass is 9.71. The summed E-state index contributed by atoms with van der Waals surface area (Å²) in [4.78, 5) is 14.3. The number of Topliss-reactive ketones (excluding diaryl/α,β-unsaturated/α-hetero) is 1. The number of ketones is 1. The van der Waals surface area contributed by atoms with E-state index in [-0.39, 0.29) is 16.6 Å². The molecule has 8 heteroatoms. The maximum Gasteiger partial charge on any atom is 0.186 e. The van der Waals surface area contributed by atoms with E-state index in [1.54, 1.807) is 18.2 Å². The van der Waals surface area contributed by atoms with Gasteiger partial charge in [0.15, 0.2) is 17.3 Å². The Hall–Kier alpha value is -2.41. The summed E-state index contributed by atoms with van der Waals surface area (Å²) in [6, 6.07) is 5.22. The Morgan fingerprint density at radius 3 is 2.23 bits per heavy atom. The lowest BCUT2D eigenvalue weighted by molar-refractivity contribution is -0.114. The van der Waals surface area contributed by atoms with Crippen molar-refractivity contribution in [1.29, 1.82) is 0 Å². The molecule has 0 amide bonds. The van der Waals surface area contributed by atoms with Gasteiger partial charge in [-0.3, -0.25) is 4.79 Å². The number of benzene rings is 1. The summed E-state index contributed by atoms with van der Waals surface area (Å²) in [5.74, 6) is 1.36. The van der Waals surface area contributed by atoms with Crippen molar-refractivity contribution in [2.45, 2.75) is 41.5 Å². The lowest BCUT2D eigenvalue weighted by Crippen LogP contribution is -2.28. The molecule has 0 saturated heterocycles. The minimum absolute atomic E-state index is 0.0516. The molecule has 5 nitrogen and oxygen atoms in total. The quantitative estimate of drug-likeness (QED) is 0.372. The maximum atomic E-state index is 13.5. The van der Waals surface area contributed by atoms with E-state index >= 15 is 0 Å². The Bertz CT molecular complexity index is 1270. The summed E-state index contributed by atoms with van der Waals surface area (Å²) in [6.45, 7) is 13.2. The lowest BCUT2D eigenvalue weighted by Gasteiger charge is -2.31. The fourth-order valence-corrected chi connectivity index (χ4v) is 5.08. The molecule has 0 bridgehead atoms. The molecule has 1 aliphatic carbocycles. The Labute approximate surface area is 220 Å². The van der Waals surface area contributed by atoms with E-state index in [9.17, 15) is 4.79 Å². The number of ether oxygens (including phenoxy) is 2. The van der Waals surface area contributed by atoms with E-state index in [2.05, 4.69) is 10.2 Å². The summed E-state index contributed by atoms with van der Waals surface area (Å²) in [5.41, 5.74) is 2.52. The molecule has 35 heavy (non-hydrogen) atoms. The molecule has 0 radical (unpaired) electrons. The third kappa shape index (κ3) is 5.25. The second kappa shape index (κ2) is 9.57. The number of nitrogens with zero attached hydrogens (tertiary/aromatic N) is 2. The highest BCUT2D eigenvalue weighted by atomic mass is 35.5. The van der Waals surface area contributed by atoms with Crippen LogP contribution in [0.3, 0.4) is 0 Å². The summed E-state index contributed by atoms with van der Waals surface area (Å²) in [7, 11) is 0. The van der Waals surface area contributed by atoms with E-state index in [0.29, 0.717) is 46.1 Å². The average molecular weight is 532 g/mol. The molecule has 184 valence electrons. The average Bonchev–Trinajstić information content (AvgIpc) is 3.20. The topological polar surface area (TPSA) is 60.3 Å². The van der Waals surface area contributed by atoms with Crippen molar-refractivity contribution < 1.29 is 14.3 Å². The summed E-state index contributed by atoms with van der Waals surface area (Å²) in [6.07, 6.45) is 3.84. The molecule has 0 saturated carbocycles. The molecule has 2 aromatic rings. The molecular formula is C27H28Cl2N2O3S. The van der Waals surface area contributed by atoms with Crippen LogP contribution in [0.2, 0.25) is 10.0 Å². The van der Waals surface area contributed by atoms with Crippen LogP contribution in [0.1, 0.15) is 46.4 Å². The number of thiophene rings is 1. The van der Waals surface area contributed by atoms with E-state index in [0.717, 1.165) is 21.6 Å². The zero-order chi connectivity index (χ0) is 25.5. The number of hydrogen-bond donors (Lipinski definition) is 0. The molecule has 1 aliphatic heterocycles.